The molecule has 4 nitrogen and oxygen atoms in total. The van der Waals surface area contributed by atoms with Gasteiger partial charge in [-0.05, 0) is 24.9 Å². The molecule has 0 radical (unpaired) electrons. The Morgan fingerprint density at radius 2 is 2.06 bits per heavy atom. The maximum atomic E-state index is 8.74. The minimum absolute atomic E-state index is 0.436. The molecule has 0 unspecified atom stereocenters. The van der Waals surface area contributed by atoms with Crippen molar-refractivity contribution in [1.29, 1.82) is 0 Å². The molecule has 2 N–H and O–H groups in total. The summed E-state index contributed by atoms with van der Waals surface area (Å²) in [5.74, 6) is 0. The molecule has 0 atom stereocenters. The Balaban J connectivity index is 1.92. The average Bonchev–Trinajstić information content (AvgIpc) is 2.73. The lowest BCUT2D eigenvalue weighted by molar-refractivity contribution is 0.401. The van der Waals surface area contributed by atoms with Crippen LogP contribution in [0.5, 0.6) is 0 Å². The highest BCUT2D eigenvalue weighted by Crippen LogP contribution is 2.22. The molecule has 2 rings (SSSR count). The van der Waals surface area contributed by atoms with Gasteiger partial charge in [-0.25, -0.2) is 4.98 Å². The topological polar surface area (TPSA) is 58.3 Å². The van der Waals surface area contributed by atoms with Crippen molar-refractivity contribution in [1.82, 2.24) is 9.55 Å². The van der Waals surface area contributed by atoms with Crippen molar-refractivity contribution < 1.29 is 10.0 Å². The molecule has 0 saturated heterocycles. The van der Waals surface area contributed by atoms with Gasteiger partial charge < -0.3 is 14.6 Å². The molecular weight excluding hydrogens is 250 g/mol. The van der Waals surface area contributed by atoms with Crippen molar-refractivity contribution >= 4 is 29.8 Å². The molecule has 0 bridgehead atoms. The number of aryl methyl sites for hydroxylation is 1. The summed E-state index contributed by atoms with van der Waals surface area (Å²) in [6.45, 7) is 0.849. The first-order valence-corrected chi connectivity index (χ1v) is 6.52. The van der Waals surface area contributed by atoms with Crippen molar-refractivity contribution in [2.75, 3.05) is 0 Å². The first-order valence-electron chi connectivity index (χ1n) is 6.14. The normalized spacial score (nSPS) is 11.1. The number of unbranched alkanes of at least 4 members (excludes halogenated alkanes) is 2. The van der Waals surface area contributed by atoms with Crippen molar-refractivity contribution in [3.63, 3.8) is 0 Å². The van der Waals surface area contributed by atoms with Crippen LogP contribution in [-0.2, 0) is 6.54 Å². The Bertz CT molecular complexity index is 516. The van der Waals surface area contributed by atoms with Gasteiger partial charge in [-0.3, -0.25) is 0 Å². The summed E-state index contributed by atoms with van der Waals surface area (Å²) in [6, 6.07) is 5.70. The van der Waals surface area contributed by atoms with Crippen molar-refractivity contribution in [2.45, 2.75) is 32.1 Å². The second kappa shape index (κ2) is 6.23. The summed E-state index contributed by atoms with van der Waals surface area (Å²) in [5.41, 5.74) is 1.88. The molecule has 0 aliphatic heterocycles. The monoisotopic (exact) mass is 266 g/mol. The zero-order valence-electron chi connectivity index (χ0n) is 10.1. The number of hydrogen-bond donors (Lipinski definition) is 2. The molecule has 0 fully saturated rings. The first-order chi connectivity index (χ1) is 8.68. The summed E-state index contributed by atoms with van der Waals surface area (Å²) in [6.07, 6.45) is 4.99. The van der Waals surface area contributed by atoms with Crippen LogP contribution in [0.25, 0.3) is 11.0 Å². The van der Waals surface area contributed by atoms with Gasteiger partial charge in [-0.1, -0.05) is 30.5 Å². The smallest absolute Gasteiger partial charge is 0.427 e. The summed E-state index contributed by atoms with van der Waals surface area (Å²) >= 11 is 6.16. The lowest BCUT2D eigenvalue weighted by atomic mass is 9.83. The van der Waals surface area contributed by atoms with Crippen LogP contribution in [0, 0.1) is 0 Å². The van der Waals surface area contributed by atoms with Gasteiger partial charge in [0.15, 0.2) is 0 Å². The SMILES string of the molecule is OB(O)CCCCCn1cnc2cccc(Cl)c21. The van der Waals surface area contributed by atoms with Crippen LogP contribution < -0.4 is 0 Å². The van der Waals surface area contributed by atoms with Gasteiger partial charge >= 0.3 is 7.12 Å². The van der Waals surface area contributed by atoms with Crippen LogP contribution >= 0.6 is 11.6 Å². The largest absolute Gasteiger partial charge is 0.451 e. The maximum Gasteiger partial charge on any atom is 0.451 e. The number of fused-ring (bicyclic) bond motifs is 1. The highest BCUT2D eigenvalue weighted by Gasteiger charge is 2.07. The summed E-state index contributed by atoms with van der Waals surface area (Å²) in [5, 5.41) is 18.2. The van der Waals surface area contributed by atoms with E-state index in [1.54, 1.807) is 6.33 Å². The summed E-state index contributed by atoms with van der Waals surface area (Å²) < 4.78 is 2.05. The van der Waals surface area contributed by atoms with E-state index in [0.717, 1.165) is 41.9 Å². The van der Waals surface area contributed by atoms with Crippen LogP contribution in [-0.4, -0.2) is 26.7 Å². The minimum atomic E-state index is -1.19. The van der Waals surface area contributed by atoms with E-state index in [9.17, 15) is 0 Å². The fourth-order valence-electron chi connectivity index (χ4n) is 2.04. The van der Waals surface area contributed by atoms with Gasteiger partial charge in [-0.15, -0.1) is 0 Å². The lowest BCUT2D eigenvalue weighted by Crippen LogP contribution is -2.09. The van der Waals surface area contributed by atoms with E-state index in [2.05, 4.69) is 4.98 Å². The third-order valence-corrected chi connectivity index (χ3v) is 3.26. The van der Waals surface area contributed by atoms with Crippen LogP contribution in [0.4, 0.5) is 0 Å². The zero-order chi connectivity index (χ0) is 13.0. The Morgan fingerprint density at radius 1 is 1.22 bits per heavy atom. The van der Waals surface area contributed by atoms with Crippen LogP contribution in [0.2, 0.25) is 11.3 Å². The zero-order valence-corrected chi connectivity index (χ0v) is 10.8. The quantitative estimate of drug-likeness (QED) is 0.623. The third-order valence-electron chi connectivity index (χ3n) is 2.95. The molecule has 1 aromatic carbocycles. The maximum absolute atomic E-state index is 8.74. The molecule has 1 heterocycles. The molecule has 0 saturated carbocycles. The van der Waals surface area contributed by atoms with Gasteiger partial charge in [0.05, 0.1) is 22.4 Å². The summed E-state index contributed by atoms with van der Waals surface area (Å²) in [7, 11) is -1.19. The van der Waals surface area contributed by atoms with Crippen LogP contribution in [0.1, 0.15) is 19.3 Å². The van der Waals surface area contributed by atoms with Crippen molar-refractivity contribution in [3.05, 3.63) is 29.5 Å². The molecule has 2 aromatic rings. The van der Waals surface area contributed by atoms with E-state index in [1.165, 1.54) is 0 Å². The van der Waals surface area contributed by atoms with Crippen LogP contribution in [0.3, 0.4) is 0 Å². The number of aromatic nitrogens is 2. The predicted molar refractivity (Wildman–Crippen MR) is 73.6 cm³/mol. The molecule has 6 heteroatoms. The standard InChI is InChI=1S/C12H16BClN2O2/c14-10-5-4-6-11-12(10)16(9-15-11)8-3-1-2-7-13(17)18/h4-6,9,17-18H,1-3,7-8H2. The van der Waals surface area contributed by atoms with Gasteiger partial charge in [0.1, 0.15) is 0 Å². The van der Waals surface area contributed by atoms with Gasteiger partial charge in [0, 0.05) is 6.54 Å². The molecule has 96 valence electrons. The average molecular weight is 267 g/mol. The lowest BCUT2D eigenvalue weighted by Gasteiger charge is -2.05. The highest BCUT2D eigenvalue weighted by atomic mass is 35.5. The Labute approximate surface area is 111 Å². The number of rotatable bonds is 6. The van der Waals surface area contributed by atoms with E-state index >= 15 is 0 Å². The van der Waals surface area contributed by atoms with Crippen LogP contribution in [0.15, 0.2) is 24.5 Å². The number of para-hydroxylation sites is 1. The van der Waals surface area contributed by atoms with Crippen molar-refractivity contribution in [3.8, 4) is 0 Å². The number of hydrogen-bond acceptors (Lipinski definition) is 3. The Morgan fingerprint density at radius 3 is 2.83 bits per heavy atom. The van der Waals surface area contributed by atoms with Gasteiger partial charge in [0.2, 0.25) is 0 Å². The second-order valence-electron chi connectivity index (χ2n) is 4.38. The van der Waals surface area contributed by atoms with Gasteiger partial charge in [0.25, 0.3) is 0 Å². The molecule has 0 amide bonds. The number of halogens is 1. The summed E-state index contributed by atoms with van der Waals surface area (Å²) in [4.78, 5) is 4.31. The number of imidazole rings is 1. The fraction of sp³-hybridized carbons (Fsp3) is 0.417. The Kier molecular flexibility index (Phi) is 4.63. The Hall–Kier alpha value is -1.04. The first kappa shape index (κ1) is 13.4. The highest BCUT2D eigenvalue weighted by molar-refractivity contribution is 6.40. The van der Waals surface area contributed by atoms with E-state index in [0.29, 0.717) is 6.32 Å². The molecular formula is C12H16BClN2O2. The molecule has 0 aliphatic rings. The molecule has 18 heavy (non-hydrogen) atoms. The second-order valence-corrected chi connectivity index (χ2v) is 4.78. The molecule has 1 aromatic heterocycles. The van der Waals surface area contributed by atoms with E-state index in [-0.39, 0.29) is 0 Å². The third kappa shape index (κ3) is 3.25. The minimum Gasteiger partial charge on any atom is -0.427 e. The van der Waals surface area contributed by atoms with Crippen molar-refractivity contribution in [2.24, 2.45) is 0 Å². The molecule has 0 aliphatic carbocycles. The van der Waals surface area contributed by atoms with Gasteiger partial charge in [-0.2, -0.15) is 0 Å². The van der Waals surface area contributed by atoms with E-state index in [4.69, 9.17) is 21.6 Å². The number of nitrogens with zero attached hydrogens (tertiary/aromatic N) is 2. The van der Waals surface area contributed by atoms with E-state index < -0.39 is 7.12 Å². The van der Waals surface area contributed by atoms with E-state index in [1.807, 2.05) is 22.8 Å². The molecule has 0 spiro atoms. The predicted octanol–water partition coefficient (Wildman–Crippen LogP) is 2.33. The number of benzene rings is 1. The fourth-order valence-corrected chi connectivity index (χ4v) is 2.32.